The van der Waals surface area contributed by atoms with Gasteiger partial charge in [0.2, 0.25) is 0 Å². The summed E-state index contributed by atoms with van der Waals surface area (Å²) in [6.07, 6.45) is 0. The Morgan fingerprint density at radius 1 is 1.31 bits per heavy atom. The van der Waals surface area contributed by atoms with Gasteiger partial charge in [-0.05, 0) is 19.1 Å². The van der Waals surface area contributed by atoms with Crippen molar-refractivity contribution in [3.05, 3.63) is 30.3 Å². The quantitative estimate of drug-likeness (QED) is 0.685. The van der Waals surface area contributed by atoms with Crippen LogP contribution in [-0.4, -0.2) is 18.7 Å². The molecule has 1 amide bonds. The standard InChI is InChI=1S/C10H12N2O/c1-8(11-2)10(13)12-9-6-4-3-5-7-9/h3-7H,1-2H3,(H,12,13). The molecule has 0 aliphatic carbocycles. The fourth-order valence-electron chi connectivity index (χ4n) is 0.845. The van der Waals surface area contributed by atoms with Crippen molar-refractivity contribution in [1.82, 2.24) is 0 Å². The van der Waals surface area contributed by atoms with Gasteiger partial charge in [0.1, 0.15) is 0 Å². The Balaban J connectivity index is 2.66. The van der Waals surface area contributed by atoms with E-state index in [-0.39, 0.29) is 5.91 Å². The average Bonchev–Trinajstić information content (AvgIpc) is 2.18. The van der Waals surface area contributed by atoms with Crippen LogP contribution in [-0.2, 0) is 4.79 Å². The van der Waals surface area contributed by atoms with E-state index in [0.29, 0.717) is 5.71 Å². The number of nitrogens with zero attached hydrogens (tertiary/aromatic N) is 1. The maximum absolute atomic E-state index is 11.3. The topological polar surface area (TPSA) is 41.5 Å². The van der Waals surface area contributed by atoms with Crippen molar-refractivity contribution in [2.24, 2.45) is 4.99 Å². The van der Waals surface area contributed by atoms with E-state index >= 15 is 0 Å². The van der Waals surface area contributed by atoms with Gasteiger partial charge in [-0.15, -0.1) is 0 Å². The molecule has 0 aliphatic rings. The third-order valence-electron chi connectivity index (χ3n) is 1.70. The van der Waals surface area contributed by atoms with Crippen LogP contribution in [0, 0.1) is 0 Å². The highest BCUT2D eigenvalue weighted by atomic mass is 16.1. The molecule has 0 atom stereocenters. The zero-order valence-electron chi connectivity index (χ0n) is 7.74. The first-order valence-corrected chi connectivity index (χ1v) is 4.04. The molecule has 0 aromatic heterocycles. The van der Waals surface area contributed by atoms with Crippen LogP contribution in [0.1, 0.15) is 6.92 Å². The Morgan fingerprint density at radius 3 is 2.46 bits per heavy atom. The van der Waals surface area contributed by atoms with Crippen molar-refractivity contribution in [3.8, 4) is 0 Å². The first-order chi connectivity index (χ1) is 6.24. The van der Waals surface area contributed by atoms with Crippen molar-refractivity contribution in [3.63, 3.8) is 0 Å². The number of amides is 1. The van der Waals surface area contributed by atoms with Gasteiger partial charge < -0.3 is 5.32 Å². The molecule has 0 radical (unpaired) electrons. The Morgan fingerprint density at radius 2 is 1.92 bits per heavy atom. The highest BCUT2D eigenvalue weighted by Crippen LogP contribution is 2.04. The predicted octanol–water partition coefficient (Wildman–Crippen LogP) is 1.72. The summed E-state index contributed by atoms with van der Waals surface area (Å²) in [5, 5.41) is 2.72. The number of carbonyl (C=O) groups excluding carboxylic acids is 1. The maximum atomic E-state index is 11.3. The Labute approximate surface area is 77.5 Å². The number of nitrogens with one attached hydrogen (secondary N) is 1. The zero-order chi connectivity index (χ0) is 9.68. The minimum absolute atomic E-state index is 0.159. The molecular formula is C10H12N2O. The fourth-order valence-corrected chi connectivity index (χ4v) is 0.845. The van der Waals surface area contributed by atoms with Crippen LogP contribution in [0.3, 0.4) is 0 Å². The van der Waals surface area contributed by atoms with E-state index in [9.17, 15) is 4.79 Å². The second kappa shape index (κ2) is 4.40. The van der Waals surface area contributed by atoms with Crippen molar-refractivity contribution in [2.45, 2.75) is 6.92 Å². The molecule has 3 nitrogen and oxygen atoms in total. The summed E-state index contributed by atoms with van der Waals surface area (Å²) >= 11 is 0. The molecule has 0 aliphatic heterocycles. The SMILES string of the molecule is CN=C(C)C(=O)Nc1ccccc1. The van der Waals surface area contributed by atoms with Crippen LogP contribution in [0.4, 0.5) is 5.69 Å². The summed E-state index contributed by atoms with van der Waals surface area (Å²) in [6, 6.07) is 9.31. The van der Waals surface area contributed by atoms with Crippen molar-refractivity contribution >= 4 is 17.3 Å². The number of aliphatic imine (C=N–C) groups is 1. The fraction of sp³-hybridized carbons (Fsp3) is 0.200. The van der Waals surface area contributed by atoms with Crippen LogP contribution in [0.25, 0.3) is 0 Å². The van der Waals surface area contributed by atoms with Gasteiger partial charge in [-0.2, -0.15) is 0 Å². The lowest BCUT2D eigenvalue weighted by Gasteiger charge is -2.02. The second-order valence-corrected chi connectivity index (χ2v) is 2.63. The molecule has 1 rings (SSSR count). The van der Waals surface area contributed by atoms with Gasteiger partial charge in [0.05, 0.1) is 5.71 Å². The first-order valence-electron chi connectivity index (χ1n) is 4.04. The average molecular weight is 176 g/mol. The normalized spacial score (nSPS) is 11.1. The van der Waals surface area contributed by atoms with Crippen molar-refractivity contribution in [1.29, 1.82) is 0 Å². The molecular weight excluding hydrogens is 164 g/mol. The molecule has 3 heteroatoms. The smallest absolute Gasteiger partial charge is 0.269 e. The third-order valence-corrected chi connectivity index (χ3v) is 1.70. The number of anilines is 1. The van der Waals surface area contributed by atoms with Gasteiger partial charge in [0.25, 0.3) is 5.91 Å². The van der Waals surface area contributed by atoms with Gasteiger partial charge in [-0.3, -0.25) is 9.79 Å². The lowest BCUT2D eigenvalue weighted by Crippen LogP contribution is -2.19. The van der Waals surface area contributed by atoms with Crippen LogP contribution in [0.5, 0.6) is 0 Å². The van der Waals surface area contributed by atoms with E-state index in [1.54, 1.807) is 14.0 Å². The van der Waals surface area contributed by atoms with Crippen LogP contribution >= 0.6 is 0 Å². The van der Waals surface area contributed by atoms with Crippen LogP contribution in [0.15, 0.2) is 35.3 Å². The number of hydrogen-bond acceptors (Lipinski definition) is 2. The van der Waals surface area contributed by atoms with Gasteiger partial charge >= 0.3 is 0 Å². The lowest BCUT2D eigenvalue weighted by molar-refractivity contribution is -0.110. The number of rotatable bonds is 2. The molecule has 13 heavy (non-hydrogen) atoms. The van der Waals surface area contributed by atoms with Gasteiger partial charge in [0.15, 0.2) is 0 Å². The molecule has 1 aromatic rings. The Kier molecular flexibility index (Phi) is 3.20. The molecule has 0 fully saturated rings. The van der Waals surface area contributed by atoms with Crippen LogP contribution in [0.2, 0.25) is 0 Å². The van der Waals surface area contributed by atoms with E-state index in [1.807, 2.05) is 30.3 Å². The van der Waals surface area contributed by atoms with Crippen molar-refractivity contribution < 1.29 is 4.79 Å². The third kappa shape index (κ3) is 2.71. The monoisotopic (exact) mass is 176 g/mol. The zero-order valence-corrected chi connectivity index (χ0v) is 7.74. The second-order valence-electron chi connectivity index (χ2n) is 2.63. The highest BCUT2D eigenvalue weighted by Gasteiger charge is 2.03. The minimum Gasteiger partial charge on any atom is -0.321 e. The van der Waals surface area contributed by atoms with E-state index in [1.165, 1.54) is 0 Å². The molecule has 1 aromatic carbocycles. The van der Waals surface area contributed by atoms with Crippen LogP contribution < -0.4 is 5.32 Å². The van der Waals surface area contributed by atoms with E-state index in [4.69, 9.17) is 0 Å². The number of carbonyl (C=O) groups is 1. The molecule has 0 saturated carbocycles. The molecule has 0 saturated heterocycles. The summed E-state index contributed by atoms with van der Waals surface area (Å²) in [5.41, 5.74) is 1.26. The molecule has 1 N–H and O–H groups in total. The summed E-state index contributed by atoms with van der Waals surface area (Å²) in [5.74, 6) is -0.159. The van der Waals surface area contributed by atoms with E-state index < -0.39 is 0 Å². The number of benzene rings is 1. The predicted molar refractivity (Wildman–Crippen MR) is 54.1 cm³/mol. The molecule has 0 spiro atoms. The van der Waals surface area contributed by atoms with Gasteiger partial charge in [-0.25, -0.2) is 0 Å². The molecule has 0 unspecified atom stereocenters. The molecule has 68 valence electrons. The number of hydrogen-bond donors (Lipinski definition) is 1. The summed E-state index contributed by atoms with van der Waals surface area (Å²) < 4.78 is 0. The first kappa shape index (κ1) is 9.45. The largest absolute Gasteiger partial charge is 0.321 e. The Bertz CT molecular complexity index is 317. The highest BCUT2D eigenvalue weighted by molar-refractivity contribution is 6.42. The summed E-state index contributed by atoms with van der Waals surface area (Å²) in [6.45, 7) is 1.68. The lowest BCUT2D eigenvalue weighted by atomic mass is 10.3. The summed E-state index contributed by atoms with van der Waals surface area (Å²) in [7, 11) is 1.60. The minimum atomic E-state index is -0.159. The maximum Gasteiger partial charge on any atom is 0.269 e. The van der Waals surface area contributed by atoms with Gasteiger partial charge in [-0.1, -0.05) is 18.2 Å². The van der Waals surface area contributed by atoms with Gasteiger partial charge in [0, 0.05) is 12.7 Å². The summed E-state index contributed by atoms with van der Waals surface area (Å²) in [4.78, 5) is 15.1. The van der Waals surface area contributed by atoms with Crippen molar-refractivity contribution in [2.75, 3.05) is 12.4 Å². The molecule has 0 heterocycles. The Hall–Kier alpha value is -1.64. The van der Waals surface area contributed by atoms with E-state index in [0.717, 1.165) is 5.69 Å². The van der Waals surface area contributed by atoms with E-state index in [2.05, 4.69) is 10.3 Å². The molecule has 0 bridgehead atoms. The number of para-hydroxylation sites is 1.